The van der Waals surface area contributed by atoms with Crippen molar-refractivity contribution in [3.05, 3.63) is 34.9 Å². The molecule has 0 aliphatic carbocycles. The molecule has 120 valence electrons. The first kappa shape index (κ1) is 17.2. The molecule has 0 N–H and O–H groups in total. The van der Waals surface area contributed by atoms with Crippen molar-refractivity contribution in [1.29, 1.82) is 5.26 Å². The van der Waals surface area contributed by atoms with Crippen LogP contribution in [-0.2, 0) is 10.2 Å². The molecule has 1 aromatic carbocycles. The fourth-order valence-electron chi connectivity index (χ4n) is 2.77. The second-order valence-corrected chi connectivity index (χ2v) is 8.00. The summed E-state index contributed by atoms with van der Waals surface area (Å²) in [5, 5.41) is 9.46. The molecule has 5 nitrogen and oxygen atoms in total. The Kier molecular flexibility index (Phi) is 5.45. The van der Waals surface area contributed by atoms with E-state index in [1.165, 1.54) is 15.7 Å². The monoisotopic (exact) mass is 341 g/mol. The predicted octanol–water partition coefficient (Wildman–Crippen LogP) is 2.81. The first-order valence-electron chi connectivity index (χ1n) is 7.25. The van der Waals surface area contributed by atoms with Crippen molar-refractivity contribution in [2.75, 3.05) is 20.1 Å². The van der Waals surface area contributed by atoms with Crippen LogP contribution >= 0.6 is 11.6 Å². The molecular weight excluding hydrogens is 322 g/mol. The molecule has 1 aromatic rings. The summed E-state index contributed by atoms with van der Waals surface area (Å²) >= 11 is 6.23. The van der Waals surface area contributed by atoms with E-state index in [1.54, 1.807) is 13.0 Å². The first-order valence-corrected chi connectivity index (χ1v) is 9.02. The van der Waals surface area contributed by atoms with Gasteiger partial charge >= 0.3 is 0 Å². The molecule has 22 heavy (non-hydrogen) atoms. The Balaban J connectivity index is 2.27. The van der Waals surface area contributed by atoms with Crippen LogP contribution in [-0.4, -0.2) is 37.2 Å². The van der Waals surface area contributed by atoms with Gasteiger partial charge in [-0.05, 0) is 31.4 Å². The summed E-state index contributed by atoms with van der Waals surface area (Å²) in [6.45, 7) is 2.37. The highest BCUT2D eigenvalue weighted by Gasteiger charge is 2.38. The minimum Gasteiger partial charge on any atom is -0.198 e. The molecule has 0 aromatic heterocycles. The van der Waals surface area contributed by atoms with E-state index in [1.807, 2.05) is 18.2 Å². The second-order valence-electron chi connectivity index (χ2n) is 5.61. The zero-order valence-corrected chi connectivity index (χ0v) is 14.3. The molecular formula is C15H20ClN3O2S. The number of nitriles is 1. The number of benzene rings is 1. The summed E-state index contributed by atoms with van der Waals surface area (Å²) in [5.74, 6) is -0.346. The van der Waals surface area contributed by atoms with Gasteiger partial charge in [-0.15, -0.1) is 0 Å². The lowest BCUT2D eigenvalue weighted by Crippen LogP contribution is -2.43. The van der Waals surface area contributed by atoms with Crippen LogP contribution in [0.2, 0.25) is 5.02 Å². The fourth-order valence-corrected chi connectivity index (χ4v) is 4.70. The summed E-state index contributed by atoms with van der Waals surface area (Å²) in [4.78, 5) is 0. The number of nitrogens with zero attached hydrogens (tertiary/aromatic N) is 3. The molecule has 0 radical (unpaired) electrons. The van der Waals surface area contributed by atoms with E-state index in [0.717, 1.165) is 18.4 Å². The van der Waals surface area contributed by atoms with Crippen molar-refractivity contribution in [3.63, 3.8) is 0 Å². The van der Waals surface area contributed by atoms with Crippen molar-refractivity contribution < 1.29 is 8.42 Å². The Hall–Kier alpha value is -1.13. The van der Waals surface area contributed by atoms with E-state index in [4.69, 9.17) is 16.9 Å². The van der Waals surface area contributed by atoms with Gasteiger partial charge in [-0.2, -0.15) is 22.3 Å². The molecule has 1 heterocycles. The van der Waals surface area contributed by atoms with Crippen molar-refractivity contribution in [1.82, 2.24) is 8.61 Å². The largest absolute Gasteiger partial charge is 0.282 e. The van der Waals surface area contributed by atoms with Gasteiger partial charge in [0, 0.05) is 25.2 Å². The maximum Gasteiger partial charge on any atom is 0.282 e. The minimum absolute atomic E-state index is 0.185. The van der Waals surface area contributed by atoms with Gasteiger partial charge in [-0.3, -0.25) is 0 Å². The fraction of sp³-hybridized carbons (Fsp3) is 0.533. The zero-order valence-electron chi connectivity index (χ0n) is 12.7. The molecule has 1 fully saturated rings. The van der Waals surface area contributed by atoms with Gasteiger partial charge in [0.25, 0.3) is 10.2 Å². The Labute approximate surface area is 137 Å². The lowest BCUT2D eigenvalue weighted by Gasteiger charge is -2.29. The van der Waals surface area contributed by atoms with Crippen molar-refractivity contribution in [2.24, 2.45) is 5.92 Å². The zero-order chi connectivity index (χ0) is 16.3. The van der Waals surface area contributed by atoms with Crippen molar-refractivity contribution in [2.45, 2.75) is 25.8 Å². The van der Waals surface area contributed by atoms with Crippen molar-refractivity contribution >= 4 is 21.8 Å². The summed E-state index contributed by atoms with van der Waals surface area (Å²) in [6, 6.07) is 9.18. The first-order chi connectivity index (χ1) is 10.4. The predicted molar refractivity (Wildman–Crippen MR) is 86.5 cm³/mol. The average Bonchev–Trinajstić information content (AvgIpc) is 2.97. The summed E-state index contributed by atoms with van der Waals surface area (Å²) in [5.41, 5.74) is 0.840. The van der Waals surface area contributed by atoms with Crippen LogP contribution in [0.1, 0.15) is 31.4 Å². The van der Waals surface area contributed by atoms with E-state index in [0.29, 0.717) is 11.6 Å². The summed E-state index contributed by atoms with van der Waals surface area (Å²) in [6.07, 6.45) is 1.56. The van der Waals surface area contributed by atoms with Gasteiger partial charge in [0.15, 0.2) is 0 Å². The van der Waals surface area contributed by atoms with E-state index in [-0.39, 0.29) is 18.5 Å². The normalized spacial score (nSPS) is 21.0. The van der Waals surface area contributed by atoms with E-state index in [2.05, 4.69) is 6.07 Å². The highest BCUT2D eigenvalue weighted by Crippen LogP contribution is 2.38. The molecule has 2 rings (SSSR count). The smallest absolute Gasteiger partial charge is 0.198 e. The molecule has 1 aliphatic rings. The number of hydrogen-bond donors (Lipinski definition) is 0. The van der Waals surface area contributed by atoms with Gasteiger partial charge < -0.3 is 0 Å². The van der Waals surface area contributed by atoms with Crippen LogP contribution in [0.3, 0.4) is 0 Å². The Morgan fingerprint density at radius 3 is 2.82 bits per heavy atom. The SMILES string of the molecule is C[C@@H](C#N)CN(C)S(=O)(=O)N1CCC[C@H]1c1ccccc1Cl. The van der Waals surface area contributed by atoms with Gasteiger partial charge in [-0.1, -0.05) is 29.8 Å². The molecule has 7 heteroatoms. The van der Waals surface area contributed by atoms with Gasteiger partial charge in [0.2, 0.25) is 0 Å². The second kappa shape index (κ2) is 6.97. The topological polar surface area (TPSA) is 64.4 Å². The van der Waals surface area contributed by atoms with Crippen LogP contribution < -0.4 is 0 Å². The summed E-state index contributed by atoms with van der Waals surface area (Å²) < 4.78 is 28.3. The maximum absolute atomic E-state index is 12.8. The standard InChI is InChI=1S/C15H20ClN3O2S/c1-12(10-17)11-18(2)22(20,21)19-9-5-8-15(19)13-6-3-4-7-14(13)16/h3-4,6-7,12,15H,5,8-9,11H2,1-2H3/t12-,15-/m0/s1. The third-order valence-corrected chi connectivity index (χ3v) is 6.22. The molecule has 0 spiro atoms. The Morgan fingerprint density at radius 1 is 1.50 bits per heavy atom. The quantitative estimate of drug-likeness (QED) is 0.827. The Morgan fingerprint density at radius 2 is 2.18 bits per heavy atom. The number of hydrogen-bond acceptors (Lipinski definition) is 3. The van der Waals surface area contributed by atoms with E-state index < -0.39 is 10.2 Å². The maximum atomic E-state index is 12.8. The third-order valence-electron chi connectivity index (χ3n) is 3.91. The molecule has 1 saturated heterocycles. The van der Waals surface area contributed by atoms with Crippen LogP contribution in [0.4, 0.5) is 0 Å². The van der Waals surface area contributed by atoms with Gasteiger partial charge in [0.05, 0.1) is 18.0 Å². The van der Waals surface area contributed by atoms with Gasteiger partial charge in [-0.25, -0.2) is 0 Å². The van der Waals surface area contributed by atoms with Crippen LogP contribution in [0.25, 0.3) is 0 Å². The molecule has 0 bridgehead atoms. The molecule has 0 unspecified atom stereocenters. The molecule has 0 amide bonds. The Bertz CT molecular complexity index is 672. The van der Waals surface area contributed by atoms with Crippen molar-refractivity contribution in [3.8, 4) is 6.07 Å². The molecule has 2 atom stereocenters. The highest BCUT2D eigenvalue weighted by atomic mass is 35.5. The third kappa shape index (κ3) is 3.44. The molecule has 1 aliphatic heterocycles. The average molecular weight is 342 g/mol. The van der Waals surface area contributed by atoms with Crippen LogP contribution in [0.5, 0.6) is 0 Å². The van der Waals surface area contributed by atoms with E-state index in [9.17, 15) is 8.42 Å². The number of halogens is 1. The lowest BCUT2D eigenvalue weighted by molar-refractivity contribution is 0.339. The van der Waals surface area contributed by atoms with Crippen LogP contribution in [0.15, 0.2) is 24.3 Å². The minimum atomic E-state index is -3.60. The van der Waals surface area contributed by atoms with Crippen LogP contribution in [0, 0.1) is 17.2 Å². The van der Waals surface area contributed by atoms with E-state index >= 15 is 0 Å². The van der Waals surface area contributed by atoms with Gasteiger partial charge in [0.1, 0.15) is 0 Å². The highest BCUT2D eigenvalue weighted by molar-refractivity contribution is 7.86. The number of rotatable bonds is 5. The lowest BCUT2D eigenvalue weighted by atomic mass is 10.1. The molecule has 0 saturated carbocycles. The summed E-state index contributed by atoms with van der Waals surface area (Å²) in [7, 11) is -2.08.